The molecule has 29 heavy (non-hydrogen) atoms. The van der Waals surface area contributed by atoms with E-state index in [1.165, 1.54) is 24.6 Å². The van der Waals surface area contributed by atoms with Crippen molar-refractivity contribution in [2.24, 2.45) is 11.8 Å². The van der Waals surface area contributed by atoms with Crippen LogP contribution in [0, 0.1) is 11.8 Å². The van der Waals surface area contributed by atoms with E-state index in [0.29, 0.717) is 31.0 Å². The zero-order valence-corrected chi connectivity index (χ0v) is 17.6. The maximum atomic E-state index is 13.5. The van der Waals surface area contributed by atoms with Gasteiger partial charge in [-0.3, -0.25) is 0 Å². The molecular formula is C22H27NO5S. The van der Waals surface area contributed by atoms with E-state index < -0.39 is 15.6 Å². The molecule has 2 aliphatic rings. The summed E-state index contributed by atoms with van der Waals surface area (Å²) in [6, 6.07) is 14.4. The maximum absolute atomic E-state index is 13.5. The number of ether oxygens (including phenoxy) is 2. The van der Waals surface area contributed by atoms with E-state index in [2.05, 4.69) is 0 Å². The van der Waals surface area contributed by atoms with Crippen molar-refractivity contribution in [1.29, 1.82) is 0 Å². The highest BCUT2D eigenvalue weighted by atomic mass is 32.2. The number of hydrogen-bond acceptors (Lipinski definition) is 5. The number of hydrogen-bond donors (Lipinski definition) is 1. The molecule has 3 atom stereocenters. The van der Waals surface area contributed by atoms with Gasteiger partial charge in [-0.1, -0.05) is 30.3 Å². The first-order valence-electron chi connectivity index (χ1n) is 9.90. The molecule has 1 saturated heterocycles. The molecule has 0 amide bonds. The fourth-order valence-corrected chi connectivity index (χ4v) is 6.58. The Morgan fingerprint density at radius 1 is 1.07 bits per heavy atom. The van der Waals surface area contributed by atoms with Crippen molar-refractivity contribution in [3.8, 4) is 11.5 Å². The van der Waals surface area contributed by atoms with Gasteiger partial charge >= 0.3 is 0 Å². The van der Waals surface area contributed by atoms with E-state index in [-0.39, 0.29) is 16.7 Å². The van der Waals surface area contributed by atoms with Crippen molar-refractivity contribution in [3.63, 3.8) is 0 Å². The van der Waals surface area contributed by atoms with Crippen molar-refractivity contribution >= 4 is 10.0 Å². The van der Waals surface area contributed by atoms with Crippen LogP contribution in [0.25, 0.3) is 0 Å². The van der Waals surface area contributed by atoms with Crippen molar-refractivity contribution in [2.45, 2.75) is 29.8 Å². The zero-order chi connectivity index (χ0) is 20.6. The van der Waals surface area contributed by atoms with Gasteiger partial charge in [-0.05, 0) is 42.9 Å². The topological polar surface area (TPSA) is 76.1 Å². The van der Waals surface area contributed by atoms with Crippen LogP contribution >= 0.6 is 0 Å². The number of benzene rings is 2. The van der Waals surface area contributed by atoms with Crippen LogP contribution in [0.15, 0.2) is 53.4 Å². The van der Waals surface area contributed by atoms with Gasteiger partial charge in [-0.2, -0.15) is 4.31 Å². The van der Waals surface area contributed by atoms with E-state index >= 15 is 0 Å². The first-order chi connectivity index (χ1) is 13.9. The van der Waals surface area contributed by atoms with Gasteiger partial charge in [0.05, 0.1) is 19.8 Å². The fourth-order valence-electron chi connectivity index (χ4n) is 4.89. The summed E-state index contributed by atoms with van der Waals surface area (Å²) in [7, 11) is -0.828. The summed E-state index contributed by atoms with van der Waals surface area (Å²) in [5.74, 6) is 0.742. The Hall–Kier alpha value is -2.09. The average molecular weight is 418 g/mol. The van der Waals surface area contributed by atoms with E-state index in [1.807, 2.05) is 30.3 Å². The summed E-state index contributed by atoms with van der Waals surface area (Å²) in [5.41, 5.74) is -0.139. The molecule has 4 rings (SSSR count). The second-order valence-corrected chi connectivity index (χ2v) is 9.79. The molecule has 2 fully saturated rings. The van der Waals surface area contributed by atoms with Crippen LogP contribution in [0.2, 0.25) is 0 Å². The molecule has 0 spiro atoms. The van der Waals surface area contributed by atoms with Gasteiger partial charge in [-0.15, -0.1) is 0 Å². The number of nitrogens with zero attached hydrogens (tertiary/aromatic N) is 1. The summed E-state index contributed by atoms with van der Waals surface area (Å²) in [5, 5.41) is 11.6. The SMILES string of the molecule is COc1ccc(OC)c(S(=O)(=O)N2CC3CCC[C@](O)(c4ccccc4)C3C2)c1. The van der Waals surface area contributed by atoms with E-state index in [1.54, 1.807) is 12.1 Å². The Morgan fingerprint density at radius 2 is 1.83 bits per heavy atom. The summed E-state index contributed by atoms with van der Waals surface area (Å²) in [6.07, 6.45) is 2.44. The third-order valence-corrected chi connectivity index (χ3v) is 8.27. The Bertz CT molecular complexity index is 978. The molecular weight excluding hydrogens is 390 g/mol. The Morgan fingerprint density at radius 3 is 2.52 bits per heavy atom. The lowest BCUT2D eigenvalue weighted by atomic mass is 9.67. The van der Waals surface area contributed by atoms with Crippen LogP contribution in [-0.4, -0.2) is 45.1 Å². The highest BCUT2D eigenvalue weighted by molar-refractivity contribution is 7.89. The Kier molecular flexibility index (Phi) is 5.31. The quantitative estimate of drug-likeness (QED) is 0.809. The molecule has 2 unspecified atom stereocenters. The first kappa shape index (κ1) is 20.2. The highest BCUT2D eigenvalue weighted by Gasteiger charge is 2.52. The number of rotatable bonds is 5. The minimum Gasteiger partial charge on any atom is -0.497 e. The van der Waals surface area contributed by atoms with E-state index in [9.17, 15) is 13.5 Å². The minimum absolute atomic E-state index is 0.0984. The predicted octanol–water partition coefficient (Wildman–Crippen LogP) is 3.01. The van der Waals surface area contributed by atoms with Crippen LogP contribution in [0.5, 0.6) is 11.5 Å². The third-order valence-electron chi connectivity index (χ3n) is 6.42. The molecule has 2 aromatic carbocycles. The fraction of sp³-hybridized carbons (Fsp3) is 0.455. The summed E-state index contributed by atoms with van der Waals surface area (Å²) in [4.78, 5) is 0.0984. The van der Waals surface area contributed by atoms with Crippen LogP contribution in [0.1, 0.15) is 24.8 Å². The van der Waals surface area contributed by atoms with Gasteiger partial charge in [0.2, 0.25) is 10.0 Å². The molecule has 0 aromatic heterocycles. The van der Waals surface area contributed by atoms with Gasteiger partial charge in [0, 0.05) is 25.1 Å². The van der Waals surface area contributed by atoms with Gasteiger partial charge < -0.3 is 14.6 Å². The van der Waals surface area contributed by atoms with Crippen molar-refractivity contribution in [1.82, 2.24) is 4.31 Å². The largest absolute Gasteiger partial charge is 0.497 e. The zero-order valence-electron chi connectivity index (χ0n) is 16.7. The molecule has 1 saturated carbocycles. The summed E-state index contributed by atoms with van der Waals surface area (Å²) >= 11 is 0. The van der Waals surface area contributed by atoms with Crippen LogP contribution in [0.4, 0.5) is 0 Å². The molecule has 6 nitrogen and oxygen atoms in total. The lowest BCUT2D eigenvalue weighted by Gasteiger charge is -2.41. The van der Waals surface area contributed by atoms with Crippen molar-refractivity contribution < 1.29 is 23.0 Å². The minimum atomic E-state index is -3.79. The monoisotopic (exact) mass is 417 g/mol. The number of sulfonamides is 1. The molecule has 7 heteroatoms. The summed E-state index contributed by atoms with van der Waals surface area (Å²) in [6.45, 7) is 0.696. The lowest BCUT2D eigenvalue weighted by molar-refractivity contribution is -0.0640. The van der Waals surface area contributed by atoms with Crippen molar-refractivity contribution in [3.05, 3.63) is 54.1 Å². The normalized spacial score (nSPS) is 27.4. The smallest absolute Gasteiger partial charge is 0.246 e. The third kappa shape index (κ3) is 3.41. The second-order valence-electron chi connectivity index (χ2n) is 7.89. The molecule has 1 aliphatic heterocycles. The average Bonchev–Trinajstić information content (AvgIpc) is 3.21. The maximum Gasteiger partial charge on any atom is 0.246 e. The number of aliphatic hydroxyl groups is 1. The number of fused-ring (bicyclic) bond motifs is 1. The second kappa shape index (κ2) is 7.63. The Balaban J connectivity index is 1.68. The van der Waals surface area contributed by atoms with Gasteiger partial charge in [0.15, 0.2) is 0 Å². The van der Waals surface area contributed by atoms with Crippen LogP contribution in [-0.2, 0) is 15.6 Å². The first-order valence-corrected chi connectivity index (χ1v) is 11.3. The van der Waals surface area contributed by atoms with Gasteiger partial charge in [-0.25, -0.2) is 8.42 Å². The van der Waals surface area contributed by atoms with Gasteiger partial charge in [0.1, 0.15) is 16.4 Å². The van der Waals surface area contributed by atoms with Crippen LogP contribution < -0.4 is 9.47 Å². The number of methoxy groups -OCH3 is 2. The highest BCUT2D eigenvalue weighted by Crippen LogP contribution is 2.49. The molecule has 0 radical (unpaired) electrons. The standard InChI is InChI=1S/C22H27NO5S/c1-27-18-10-11-20(28-2)21(13-18)29(25,26)23-14-16-7-6-12-22(24,19(16)15-23)17-8-4-3-5-9-17/h3-5,8-11,13,16,19,24H,6-7,12,14-15H2,1-2H3/t16?,19?,22-/m0/s1. The molecule has 0 bridgehead atoms. The Labute approximate surface area is 172 Å². The molecule has 1 heterocycles. The molecule has 1 aliphatic carbocycles. The molecule has 1 N–H and O–H groups in total. The van der Waals surface area contributed by atoms with E-state index in [0.717, 1.165) is 18.4 Å². The molecule has 156 valence electrons. The predicted molar refractivity (Wildman–Crippen MR) is 109 cm³/mol. The molecule has 2 aromatic rings. The van der Waals surface area contributed by atoms with Gasteiger partial charge in [0.25, 0.3) is 0 Å². The van der Waals surface area contributed by atoms with E-state index in [4.69, 9.17) is 9.47 Å². The summed E-state index contributed by atoms with van der Waals surface area (Å²) < 4.78 is 39.0. The van der Waals surface area contributed by atoms with Crippen molar-refractivity contribution in [2.75, 3.05) is 27.3 Å². The van der Waals surface area contributed by atoms with Crippen LogP contribution in [0.3, 0.4) is 0 Å². The lowest BCUT2D eigenvalue weighted by Crippen LogP contribution is -2.42.